The van der Waals surface area contributed by atoms with Crippen molar-refractivity contribution >= 4 is 115 Å². The molecule has 0 saturated heterocycles. The summed E-state index contributed by atoms with van der Waals surface area (Å²) in [6, 6.07) is 71.0. The number of halogens is 3. The van der Waals surface area contributed by atoms with E-state index >= 15 is 0 Å². The van der Waals surface area contributed by atoms with Crippen molar-refractivity contribution in [2.45, 2.75) is 60.2 Å². The molecule has 8 N–H and O–H groups in total. The molecular weight excluding hydrogens is 1390 g/mol. The highest BCUT2D eigenvalue weighted by atomic mass is 19.1. The van der Waals surface area contributed by atoms with Gasteiger partial charge in [-0.15, -0.1) is 0 Å². The van der Waals surface area contributed by atoms with Crippen LogP contribution in [0.15, 0.2) is 255 Å². The molecule has 0 unspecified atom stereocenters. The summed E-state index contributed by atoms with van der Waals surface area (Å²) in [6.07, 6.45) is 12.3. The summed E-state index contributed by atoms with van der Waals surface area (Å²) in [6.45, 7) is 8.25. The number of hydrogen-bond acceptors (Lipinski definition) is 11. The van der Waals surface area contributed by atoms with Gasteiger partial charge in [0.15, 0.2) is 0 Å². The number of anilines is 3. The molecule has 0 aromatic heterocycles. The number of hydrogen-bond donors (Lipinski definition) is 7. The number of allylic oxidation sites excluding steroid dienone is 2. The first kappa shape index (κ1) is 80.7. The lowest BCUT2D eigenvalue weighted by molar-refractivity contribution is -0.193. The lowest BCUT2D eigenvalue weighted by Gasteiger charge is -2.13. The highest BCUT2D eigenvalue weighted by Crippen LogP contribution is 2.34. The summed E-state index contributed by atoms with van der Waals surface area (Å²) in [4.78, 5) is 106. The molecule has 17 nitrogen and oxygen atoms in total. The number of amides is 5. The minimum absolute atomic E-state index is 0.0562. The Hall–Kier alpha value is -14.0. The first-order valence-corrected chi connectivity index (χ1v) is 34.3. The molecule has 0 saturated carbocycles. The van der Waals surface area contributed by atoms with E-state index in [0.29, 0.717) is 47.3 Å². The molecule has 5 amide bonds. The van der Waals surface area contributed by atoms with E-state index < -0.39 is 29.3 Å². The van der Waals surface area contributed by atoms with Crippen LogP contribution in [0.1, 0.15) is 105 Å². The van der Waals surface area contributed by atoms with Gasteiger partial charge >= 0.3 is 18.3 Å². The molecule has 109 heavy (non-hydrogen) atoms. The fourth-order valence-corrected chi connectivity index (χ4v) is 11.5. The highest BCUT2D eigenvalue weighted by molar-refractivity contribution is 6.16. The first-order chi connectivity index (χ1) is 52.6. The average Bonchev–Trinajstić information content (AvgIpc) is 0.795. The number of aliphatic carboxylic acids is 1. The number of carbonyl (C=O) groups excluding carboxylic acids is 9. The molecule has 0 bridgehead atoms. The number of fused-ring (bicyclic) bond motifs is 3. The van der Waals surface area contributed by atoms with Gasteiger partial charge in [0, 0.05) is 56.2 Å². The van der Waals surface area contributed by atoms with E-state index in [1.807, 2.05) is 208 Å². The Morgan fingerprint density at radius 1 is 0.385 bits per heavy atom. The lowest BCUT2D eigenvalue weighted by Crippen LogP contribution is -2.18. The van der Waals surface area contributed by atoms with Gasteiger partial charge in [-0.25, -0.2) is 18.0 Å². The Bertz CT molecular complexity index is 5500. The topological polar surface area (TPSA) is 277 Å². The Kier molecular flexibility index (Phi) is 29.8. The predicted octanol–water partition coefficient (Wildman–Crippen LogP) is 18.2. The zero-order chi connectivity index (χ0) is 78.4. The van der Waals surface area contributed by atoms with Gasteiger partial charge in [0.1, 0.15) is 17.5 Å². The zero-order valence-corrected chi connectivity index (χ0v) is 59.8. The number of carbonyl (C=O) groups is 6. The van der Waals surface area contributed by atoms with Crippen molar-refractivity contribution in [2.24, 2.45) is 5.73 Å². The third-order valence-electron chi connectivity index (χ3n) is 16.6. The molecule has 0 atom stereocenters. The molecule has 0 spiro atoms. The second-order valence-electron chi connectivity index (χ2n) is 24.4. The van der Waals surface area contributed by atoms with Gasteiger partial charge in [-0.05, 0) is 209 Å². The maximum absolute atomic E-state index is 14.5. The van der Waals surface area contributed by atoms with Crippen molar-refractivity contribution in [3.8, 4) is 33.4 Å². The van der Waals surface area contributed by atoms with E-state index in [9.17, 15) is 41.9 Å². The van der Waals surface area contributed by atoms with Crippen LogP contribution in [0.5, 0.6) is 0 Å². The summed E-state index contributed by atoms with van der Waals surface area (Å²) < 4.78 is 43.5. The van der Waals surface area contributed by atoms with Crippen molar-refractivity contribution in [2.75, 3.05) is 16.0 Å². The smallest absolute Gasteiger partial charge is 0.373 e. The summed E-state index contributed by atoms with van der Waals surface area (Å²) in [5.41, 5.74) is 17.6. The molecule has 0 aliphatic heterocycles. The monoisotopic (exact) mass is 1460 g/mol. The molecule has 0 aliphatic rings. The van der Waals surface area contributed by atoms with Gasteiger partial charge in [-0.2, -0.15) is 19.2 Å². The molecule has 0 aliphatic carbocycles. The minimum atomic E-state index is -1.13. The van der Waals surface area contributed by atoms with Crippen LogP contribution in [0.2, 0.25) is 0 Å². The number of carboxylic acid groups (broad SMARTS) is 1. The lowest BCUT2D eigenvalue weighted by atomic mass is 9.95. The van der Waals surface area contributed by atoms with Crippen LogP contribution in [-0.2, 0) is 53.2 Å². The van der Waals surface area contributed by atoms with E-state index in [0.717, 1.165) is 107 Å². The minimum Gasteiger partial charge on any atom is -0.478 e. The van der Waals surface area contributed by atoms with Crippen LogP contribution in [0.25, 0.3) is 83.9 Å². The van der Waals surface area contributed by atoms with E-state index in [2.05, 4.69) is 32.7 Å². The van der Waals surface area contributed by atoms with Crippen LogP contribution in [-0.4, -0.2) is 52.9 Å². The molecular formula is C89H75F3N6O11. The third kappa shape index (κ3) is 23.2. The zero-order valence-electron chi connectivity index (χ0n) is 59.8. The van der Waals surface area contributed by atoms with Gasteiger partial charge in [0.2, 0.25) is 11.8 Å². The highest BCUT2D eigenvalue weighted by Gasteiger charge is 2.20. The molecule has 20 heteroatoms. The number of nitrogens with one attached hydrogen (secondary N) is 5. The van der Waals surface area contributed by atoms with Gasteiger partial charge in [0.25, 0.3) is 17.7 Å². The normalized spacial score (nSPS) is 10.6. The van der Waals surface area contributed by atoms with Crippen molar-refractivity contribution in [1.29, 1.82) is 0 Å². The molecule has 12 rings (SSSR count). The Balaban J connectivity index is 0.000000198. The summed E-state index contributed by atoms with van der Waals surface area (Å²) >= 11 is 0. The molecule has 12 aromatic rings. The van der Waals surface area contributed by atoms with Gasteiger partial charge < -0.3 is 37.4 Å². The van der Waals surface area contributed by atoms with E-state index in [1.165, 1.54) is 50.3 Å². The summed E-state index contributed by atoms with van der Waals surface area (Å²) in [5.74, 6) is -4.18. The van der Waals surface area contributed by atoms with E-state index in [1.54, 1.807) is 30.3 Å². The number of benzene rings is 12. The fourth-order valence-electron chi connectivity index (χ4n) is 11.5. The third-order valence-corrected chi connectivity index (χ3v) is 16.6. The Morgan fingerprint density at radius 2 is 0.697 bits per heavy atom. The first-order valence-electron chi connectivity index (χ1n) is 34.3. The largest absolute Gasteiger partial charge is 0.478 e. The average molecular weight is 1460 g/mol. The fraction of sp³-hybridized carbons (Fsp3) is 0.101. The van der Waals surface area contributed by atoms with Crippen molar-refractivity contribution in [1.82, 2.24) is 10.6 Å². The van der Waals surface area contributed by atoms with E-state index in [-0.39, 0.29) is 53.0 Å². The second kappa shape index (κ2) is 40.3. The van der Waals surface area contributed by atoms with Crippen LogP contribution in [0.4, 0.5) is 30.2 Å². The van der Waals surface area contributed by atoms with Crippen molar-refractivity contribution in [3.05, 3.63) is 322 Å². The van der Waals surface area contributed by atoms with Gasteiger partial charge in [-0.3, -0.25) is 24.0 Å². The molecule has 548 valence electrons. The van der Waals surface area contributed by atoms with Gasteiger partial charge in [0.05, 0.1) is 17.1 Å². The van der Waals surface area contributed by atoms with Crippen LogP contribution >= 0.6 is 0 Å². The number of nitrogens with two attached hydrogens (primary N) is 1. The molecule has 12 aromatic carbocycles. The molecule has 0 fully saturated rings. The van der Waals surface area contributed by atoms with Crippen LogP contribution < -0.4 is 32.3 Å². The molecule has 0 heterocycles. The maximum atomic E-state index is 14.5. The SMILES string of the molecule is CC(=O)NCc1cccc(-c2cc(C(=O)Nc3cc(/C=C/C(=O)O)ccc3F)c3ccccc3c2)c1.CC/C=C/c1ccc(F)c(NC(=O)c2cc(-c3cccc(CN)c3)cc3ccccc23)c1.CC/C=C/c1ccc(F)c(NC(=O)c2cc(-c3cccc(CNC(C)=O)c3)cc3ccccc23)c1.O=C=O.O=C=O. The second-order valence-corrected chi connectivity index (χ2v) is 24.4. The van der Waals surface area contributed by atoms with E-state index in [4.69, 9.17) is 30.0 Å². The van der Waals surface area contributed by atoms with Crippen LogP contribution in [0, 0.1) is 17.5 Å². The van der Waals surface area contributed by atoms with Crippen molar-refractivity contribution < 1.29 is 66.2 Å². The Labute approximate surface area is 626 Å². The molecule has 0 radical (unpaired) electrons. The predicted molar refractivity (Wildman–Crippen MR) is 419 cm³/mol. The van der Waals surface area contributed by atoms with Crippen LogP contribution in [0.3, 0.4) is 0 Å². The summed E-state index contributed by atoms with van der Waals surface area (Å²) in [7, 11) is 0. The quantitative estimate of drug-likeness (QED) is 0.0351. The van der Waals surface area contributed by atoms with Gasteiger partial charge in [-0.1, -0.05) is 184 Å². The number of rotatable bonds is 20. The standard InChI is InChI=1S/C30H27FN2O2.C29H23FN2O4.C28H25FN2O.2CO2/c1-3-4-8-21-13-14-28(31)29(16-21)33-30(35)27-18-25(17-24-10-5-6-12-26(24)27)23-11-7-9-22(15-23)19-32-20(2)34;1-18(33)31-17-20-5-4-7-21(13-20)23-15-22-6-2-3-8-24(22)25(16-23)29(36)32-27-14-19(9-11-26(27)30)10-12-28(34)35;1-2-3-7-19-12-13-26(29)27(15-19)31-28(32)25-17-23(16-22-9-4-5-11-24(22)25)21-10-6-8-20(14-21)18-30;2*2-1-3/h4-18H,3,19H2,1-2H3,(H,32,34)(H,33,35);2-16H,17H2,1H3,(H,31,33)(H,32,36)(H,34,35);3-17H,2,18,30H2,1H3,(H,31,32);;/b8-4+;12-10+;7-3+;;. The Morgan fingerprint density at radius 3 is 1.01 bits per heavy atom. The maximum Gasteiger partial charge on any atom is 0.373 e. The number of carboxylic acids is 1. The van der Waals surface area contributed by atoms with Crippen molar-refractivity contribution in [3.63, 3.8) is 0 Å². The summed E-state index contributed by atoms with van der Waals surface area (Å²) in [5, 5.41) is 27.6.